The van der Waals surface area contributed by atoms with Gasteiger partial charge in [-0.25, -0.2) is 4.99 Å². The fraction of sp³-hybridized carbons (Fsp3) is 0.385. The normalized spacial score (nSPS) is 17.4. The standard InChI is InChI=1S/C13H18ClN5OS/c1-13(2)18-11(15)17-12(16)19(13)20-7-8-21-10-5-3-9(14)4-6-10/h3-6H,7-8H2,1-2H3,(H4,15,16,17,18). The molecule has 1 heterocycles. The predicted octanol–water partition coefficient (Wildman–Crippen LogP) is 2.04. The summed E-state index contributed by atoms with van der Waals surface area (Å²) < 4.78 is 0. The van der Waals surface area contributed by atoms with Crippen LogP contribution in [-0.2, 0) is 4.84 Å². The van der Waals surface area contributed by atoms with Gasteiger partial charge in [-0.15, -0.1) is 11.8 Å². The van der Waals surface area contributed by atoms with Crippen LogP contribution in [0.2, 0.25) is 5.02 Å². The molecule has 0 spiro atoms. The molecule has 114 valence electrons. The van der Waals surface area contributed by atoms with Gasteiger partial charge >= 0.3 is 0 Å². The number of aliphatic imine (C=N–C) groups is 2. The second kappa shape index (κ2) is 6.55. The number of hydrogen-bond acceptors (Lipinski definition) is 7. The van der Waals surface area contributed by atoms with Gasteiger partial charge in [0.05, 0.1) is 6.61 Å². The van der Waals surface area contributed by atoms with E-state index in [1.54, 1.807) is 11.8 Å². The fourth-order valence-corrected chi connectivity index (χ4v) is 2.68. The van der Waals surface area contributed by atoms with Crippen LogP contribution in [0, 0.1) is 0 Å². The molecule has 4 N–H and O–H groups in total. The first-order chi connectivity index (χ1) is 9.88. The zero-order valence-electron chi connectivity index (χ0n) is 11.9. The zero-order chi connectivity index (χ0) is 15.5. The summed E-state index contributed by atoms with van der Waals surface area (Å²) in [5, 5.41) is 2.20. The van der Waals surface area contributed by atoms with E-state index < -0.39 is 5.66 Å². The van der Waals surface area contributed by atoms with Gasteiger partial charge in [0.25, 0.3) is 0 Å². The number of hydroxylamine groups is 2. The van der Waals surface area contributed by atoms with Gasteiger partial charge in [0.1, 0.15) is 0 Å². The number of guanidine groups is 2. The maximum absolute atomic E-state index is 5.84. The van der Waals surface area contributed by atoms with Gasteiger partial charge in [-0.2, -0.15) is 10.1 Å². The smallest absolute Gasteiger partial charge is 0.226 e. The van der Waals surface area contributed by atoms with Crippen molar-refractivity contribution >= 4 is 35.3 Å². The summed E-state index contributed by atoms with van der Waals surface area (Å²) in [4.78, 5) is 14.9. The fourth-order valence-electron chi connectivity index (χ4n) is 1.84. The van der Waals surface area contributed by atoms with Crippen molar-refractivity contribution in [2.75, 3.05) is 12.4 Å². The molecule has 8 heteroatoms. The molecule has 0 amide bonds. The second-order valence-electron chi connectivity index (χ2n) is 4.86. The van der Waals surface area contributed by atoms with Crippen molar-refractivity contribution in [2.45, 2.75) is 24.4 Å². The summed E-state index contributed by atoms with van der Waals surface area (Å²) in [6.07, 6.45) is 0. The van der Waals surface area contributed by atoms with E-state index in [0.29, 0.717) is 6.61 Å². The number of halogens is 1. The van der Waals surface area contributed by atoms with Crippen LogP contribution in [0.15, 0.2) is 39.1 Å². The molecule has 6 nitrogen and oxygen atoms in total. The van der Waals surface area contributed by atoms with Gasteiger partial charge in [0.15, 0.2) is 5.66 Å². The Labute approximate surface area is 133 Å². The molecule has 0 saturated carbocycles. The highest BCUT2D eigenvalue weighted by Gasteiger charge is 2.32. The zero-order valence-corrected chi connectivity index (χ0v) is 13.5. The Morgan fingerprint density at radius 3 is 2.57 bits per heavy atom. The molecule has 0 aliphatic carbocycles. The number of nitrogens with zero attached hydrogens (tertiary/aromatic N) is 3. The lowest BCUT2D eigenvalue weighted by Gasteiger charge is -2.36. The van der Waals surface area contributed by atoms with Crippen molar-refractivity contribution in [3.05, 3.63) is 29.3 Å². The van der Waals surface area contributed by atoms with Crippen LogP contribution >= 0.6 is 23.4 Å². The molecule has 0 atom stereocenters. The van der Waals surface area contributed by atoms with E-state index in [-0.39, 0.29) is 11.9 Å². The van der Waals surface area contributed by atoms with E-state index in [4.69, 9.17) is 27.9 Å². The molecule has 1 aromatic carbocycles. The number of benzene rings is 1. The predicted molar refractivity (Wildman–Crippen MR) is 87.3 cm³/mol. The molecule has 1 aromatic rings. The first kappa shape index (κ1) is 15.9. The van der Waals surface area contributed by atoms with Crippen LogP contribution in [0.25, 0.3) is 0 Å². The van der Waals surface area contributed by atoms with Crippen LogP contribution in [0.4, 0.5) is 0 Å². The van der Waals surface area contributed by atoms with Crippen LogP contribution in [0.1, 0.15) is 13.8 Å². The third kappa shape index (κ3) is 4.26. The van der Waals surface area contributed by atoms with Crippen molar-refractivity contribution in [1.82, 2.24) is 5.06 Å². The minimum Gasteiger partial charge on any atom is -0.368 e. The van der Waals surface area contributed by atoms with Crippen molar-refractivity contribution in [1.29, 1.82) is 0 Å². The van der Waals surface area contributed by atoms with Crippen LogP contribution in [0.5, 0.6) is 0 Å². The quantitative estimate of drug-likeness (QED) is 0.638. The summed E-state index contributed by atoms with van der Waals surface area (Å²) >= 11 is 7.51. The molecule has 21 heavy (non-hydrogen) atoms. The summed E-state index contributed by atoms with van der Waals surface area (Å²) in [7, 11) is 0. The van der Waals surface area contributed by atoms with Gasteiger partial charge in [0, 0.05) is 15.7 Å². The molecular formula is C13H18ClN5OS. The molecular weight excluding hydrogens is 310 g/mol. The van der Waals surface area contributed by atoms with E-state index in [0.717, 1.165) is 15.7 Å². The first-order valence-corrected chi connectivity index (χ1v) is 7.76. The SMILES string of the molecule is CC1(C)N=C(N)N=C(N)N1OCCSc1ccc(Cl)cc1. The number of thioether (sulfide) groups is 1. The molecule has 1 aliphatic rings. The van der Waals surface area contributed by atoms with Gasteiger partial charge in [-0.3, -0.25) is 4.84 Å². The second-order valence-corrected chi connectivity index (χ2v) is 6.47. The first-order valence-electron chi connectivity index (χ1n) is 6.39. The number of nitrogens with two attached hydrogens (primary N) is 2. The van der Waals surface area contributed by atoms with Gasteiger partial charge in [-0.1, -0.05) is 11.6 Å². The minimum absolute atomic E-state index is 0.160. The number of hydrogen-bond donors (Lipinski definition) is 2. The lowest BCUT2D eigenvalue weighted by molar-refractivity contribution is -0.151. The van der Waals surface area contributed by atoms with Gasteiger partial charge < -0.3 is 11.5 Å². The molecule has 0 bridgehead atoms. The lowest BCUT2D eigenvalue weighted by atomic mass is 10.2. The molecule has 0 saturated heterocycles. The Balaban J connectivity index is 1.83. The molecule has 2 rings (SSSR count). The Morgan fingerprint density at radius 2 is 1.95 bits per heavy atom. The largest absolute Gasteiger partial charge is 0.368 e. The van der Waals surface area contributed by atoms with E-state index in [2.05, 4.69) is 9.98 Å². The molecule has 1 aliphatic heterocycles. The third-order valence-electron chi connectivity index (χ3n) is 2.71. The molecule has 0 aromatic heterocycles. The Kier molecular flexibility index (Phi) is 4.97. The van der Waals surface area contributed by atoms with Crippen molar-refractivity contribution in [2.24, 2.45) is 21.5 Å². The third-order valence-corrected chi connectivity index (χ3v) is 3.94. The summed E-state index contributed by atoms with van der Waals surface area (Å²) in [5.41, 5.74) is 10.7. The van der Waals surface area contributed by atoms with Crippen LogP contribution in [-0.4, -0.2) is 35.0 Å². The molecule has 0 unspecified atom stereocenters. The van der Waals surface area contributed by atoms with Gasteiger partial charge in [-0.05, 0) is 38.1 Å². The van der Waals surface area contributed by atoms with Crippen molar-refractivity contribution in [3.8, 4) is 0 Å². The Morgan fingerprint density at radius 1 is 1.29 bits per heavy atom. The van der Waals surface area contributed by atoms with Crippen LogP contribution in [0.3, 0.4) is 0 Å². The maximum Gasteiger partial charge on any atom is 0.226 e. The highest BCUT2D eigenvalue weighted by atomic mass is 35.5. The summed E-state index contributed by atoms with van der Waals surface area (Å²) in [6, 6.07) is 7.67. The van der Waals surface area contributed by atoms with E-state index in [1.165, 1.54) is 5.06 Å². The molecule has 0 radical (unpaired) electrons. The van der Waals surface area contributed by atoms with Crippen molar-refractivity contribution in [3.63, 3.8) is 0 Å². The highest BCUT2D eigenvalue weighted by Crippen LogP contribution is 2.22. The summed E-state index contributed by atoms with van der Waals surface area (Å²) in [5.74, 6) is 1.14. The lowest BCUT2D eigenvalue weighted by Crippen LogP contribution is -2.53. The molecule has 0 fully saturated rings. The van der Waals surface area contributed by atoms with Crippen LogP contribution < -0.4 is 11.5 Å². The average Bonchev–Trinajstić information content (AvgIpc) is 2.38. The Hall–Kier alpha value is -1.44. The number of rotatable bonds is 5. The average molecular weight is 328 g/mol. The minimum atomic E-state index is -0.666. The van der Waals surface area contributed by atoms with E-state index in [9.17, 15) is 0 Å². The maximum atomic E-state index is 5.84. The van der Waals surface area contributed by atoms with Crippen molar-refractivity contribution < 1.29 is 4.84 Å². The van der Waals surface area contributed by atoms with E-state index in [1.807, 2.05) is 38.1 Å². The summed E-state index contributed by atoms with van der Waals surface area (Å²) in [6.45, 7) is 4.18. The topological polar surface area (TPSA) is 89.2 Å². The highest BCUT2D eigenvalue weighted by molar-refractivity contribution is 7.99. The monoisotopic (exact) mass is 327 g/mol. The van der Waals surface area contributed by atoms with Gasteiger partial charge in [0.2, 0.25) is 11.9 Å². The van der Waals surface area contributed by atoms with E-state index >= 15 is 0 Å². The Bertz CT molecular complexity index is 558.